The van der Waals surface area contributed by atoms with Crippen molar-refractivity contribution in [3.63, 3.8) is 0 Å². The predicted molar refractivity (Wildman–Crippen MR) is 80.9 cm³/mol. The van der Waals surface area contributed by atoms with E-state index in [0.717, 1.165) is 11.1 Å². The molecule has 0 atom stereocenters. The molecule has 5 nitrogen and oxygen atoms in total. The fourth-order valence-electron chi connectivity index (χ4n) is 2.16. The van der Waals surface area contributed by atoms with Crippen molar-refractivity contribution >= 4 is 5.65 Å². The van der Waals surface area contributed by atoms with Crippen molar-refractivity contribution in [2.45, 2.75) is 6.54 Å². The average Bonchev–Trinajstić information content (AvgIpc) is 2.83. The molecule has 21 heavy (non-hydrogen) atoms. The third kappa shape index (κ3) is 2.57. The molecule has 0 aliphatic rings. The lowest BCUT2D eigenvalue weighted by Gasteiger charge is -2.03. The van der Waals surface area contributed by atoms with Gasteiger partial charge in [0.1, 0.15) is 0 Å². The monoisotopic (exact) mass is 278 g/mol. The van der Waals surface area contributed by atoms with Crippen LogP contribution in [0, 0.1) is 11.8 Å². The molecule has 0 bridgehead atoms. The van der Waals surface area contributed by atoms with E-state index in [1.54, 1.807) is 18.3 Å². The van der Waals surface area contributed by atoms with Crippen LogP contribution in [0.5, 0.6) is 0 Å². The molecule has 0 saturated carbocycles. The molecule has 2 N–H and O–H groups in total. The summed E-state index contributed by atoms with van der Waals surface area (Å²) in [6.45, 7) is 0.693. The maximum absolute atomic E-state index is 12.3. The molecule has 0 fully saturated rings. The lowest BCUT2D eigenvalue weighted by Crippen LogP contribution is -2.21. The first-order chi connectivity index (χ1) is 10.3. The van der Waals surface area contributed by atoms with Gasteiger partial charge in [-0.3, -0.25) is 4.40 Å². The molecular formula is C16H14N4O. The minimum Gasteiger partial charge on any atom is -0.320 e. The molecule has 0 amide bonds. The highest BCUT2D eigenvalue weighted by Gasteiger charge is 2.08. The van der Waals surface area contributed by atoms with Crippen LogP contribution in [0.1, 0.15) is 11.1 Å². The highest BCUT2D eigenvalue weighted by molar-refractivity contribution is 5.42. The number of pyridine rings is 1. The Balaban J connectivity index is 2.03. The Morgan fingerprint density at radius 1 is 1.14 bits per heavy atom. The largest absolute Gasteiger partial charge is 0.350 e. The van der Waals surface area contributed by atoms with Crippen LogP contribution in [-0.4, -0.2) is 20.7 Å². The van der Waals surface area contributed by atoms with Gasteiger partial charge in [0, 0.05) is 11.8 Å². The van der Waals surface area contributed by atoms with Gasteiger partial charge >= 0.3 is 5.69 Å². The minimum atomic E-state index is -0.160. The van der Waals surface area contributed by atoms with Gasteiger partial charge in [-0.15, -0.1) is 5.10 Å². The topological polar surface area (TPSA) is 65.3 Å². The molecule has 5 heteroatoms. The van der Waals surface area contributed by atoms with E-state index >= 15 is 0 Å². The van der Waals surface area contributed by atoms with Crippen molar-refractivity contribution in [3.05, 3.63) is 70.3 Å². The van der Waals surface area contributed by atoms with E-state index in [2.05, 4.69) is 16.9 Å². The van der Waals surface area contributed by atoms with Crippen molar-refractivity contribution in [2.24, 2.45) is 5.73 Å². The summed E-state index contributed by atoms with van der Waals surface area (Å²) in [6, 6.07) is 13.2. The van der Waals surface area contributed by atoms with Gasteiger partial charge in [-0.2, -0.15) is 0 Å². The normalized spacial score (nSPS) is 10.3. The van der Waals surface area contributed by atoms with Crippen LogP contribution in [0.2, 0.25) is 0 Å². The van der Waals surface area contributed by atoms with Crippen LogP contribution < -0.4 is 11.4 Å². The molecule has 104 valence electrons. The second-order valence-electron chi connectivity index (χ2n) is 4.53. The fourth-order valence-corrected chi connectivity index (χ4v) is 2.16. The Morgan fingerprint density at radius 3 is 2.76 bits per heavy atom. The molecule has 2 aromatic heterocycles. The molecule has 0 spiro atoms. The van der Waals surface area contributed by atoms with Crippen molar-refractivity contribution in [1.82, 2.24) is 14.2 Å². The van der Waals surface area contributed by atoms with E-state index in [1.807, 2.05) is 30.3 Å². The van der Waals surface area contributed by atoms with Gasteiger partial charge < -0.3 is 5.73 Å². The molecule has 0 aliphatic carbocycles. The van der Waals surface area contributed by atoms with E-state index in [-0.39, 0.29) is 5.69 Å². The summed E-state index contributed by atoms with van der Waals surface area (Å²) in [5.74, 6) is 5.86. The zero-order valence-electron chi connectivity index (χ0n) is 11.4. The van der Waals surface area contributed by atoms with E-state index in [1.165, 1.54) is 9.08 Å². The maximum atomic E-state index is 12.3. The molecular weight excluding hydrogens is 264 g/mol. The zero-order valence-corrected chi connectivity index (χ0v) is 11.4. The predicted octanol–water partition coefficient (Wildman–Crippen LogP) is 0.855. The van der Waals surface area contributed by atoms with Gasteiger partial charge in [0.05, 0.1) is 13.1 Å². The maximum Gasteiger partial charge on any atom is 0.350 e. The van der Waals surface area contributed by atoms with Crippen LogP contribution >= 0.6 is 0 Å². The van der Waals surface area contributed by atoms with Gasteiger partial charge in [-0.1, -0.05) is 36.1 Å². The number of hydrogen-bond donors (Lipinski definition) is 1. The Labute approximate surface area is 121 Å². The number of aromatic nitrogens is 3. The quantitative estimate of drug-likeness (QED) is 0.707. The Bertz CT molecular complexity index is 896. The van der Waals surface area contributed by atoms with Gasteiger partial charge in [-0.05, 0) is 23.8 Å². The zero-order chi connectivity index (χ0) is 14.7. The van der Waals surface area contributed by atoms with Gasteiger partial charge in [-0.25, -0.2) is 9.48 Å². The lowest BCUT2D eigenvalue weighted by molar-refractivity contribution is 0.658. The van der Waals surface area contributed by atoms with Crippen LogP contribution in [0.25, 0.3) is 5.65 Å². The average molecular weight is 278 g/mol. The third-order valence-electron chi connectivity index (χ3n) is 3.15. The van der Waals surface area contributed by atoms with Crippen molar-refractivity contribution in [3.8, 4) is 11.8 Å². The Hall–Kier alpha value is -2.84. The molecule has 3 aromatic rings. The molecule has 0 unspecified atom stereocenters. The fraction of sp³-hybridized carbons (Fsp3) is 0.125. The van der Waals surface area contributed by atoms with Gasteiger partial charge in [0.2, 0.25) is 0 Å². The summed E-state index contributed by atoms with van der Waals surface area (Å²) in [7, 11) is 0. The van der Waals surface area contributed by atoms with Gasteiger partial charge in [0.15, 0.2) is 5.65 Å². The number of hydrogen-bond acceptors (Lipinski definition) is 3. The van der Waals surface area contributed by atoms with Crippen LogP contribution in [-0.2, 0) is 6.54 Å². The number of fused-ring (bicyclic) bond motifs is 1. The van der Waals surface area contributed by atoms with Crippen molar-refractivity contribution < 1.29 is 0 Å². The van der Waals surface area contributed by atoms with Crippen LogP contribution in [0.3, 0.4) is 0 Å². The first-order valence-corrected chi connectivity index (χ1v) is 6.60. The van der Waals surface area contributed by atoms with E-state index < -0.39 is 0 Å². The summed E-state index contributed by atoms with van der Waals surface area (Å²) in [6.07, 6.45) is 1.71. The highest BCUT2D eigenvalue weighted by Crippen LogP contribution is 2.08. The lowest BCUT2D eigenvalue weighted by atomic mass is 10.1. The smallest absolute Gasteiger partial charge is 0.320 e. The third-order valence-corrected chi connectivity index (χ3v) is 3.15. The summed E-state index contributed by atoms with van der Waals surface area (Å²) in [4.78, 5) is 12.3. The number of nitrogens with zero attached hydrogens (tertiary/aromatic N) is 3. The summed E-state index contributed by atoms with van der Waals surface area (Å²) in [5, 5.41) is 4.32. The molecule has 3 rings (SSSR count). The summed E-state index contributed by atoms with van der Waals surface area (Å²) < 4.78 is 2.96. The molecule has 0 saturated heterocycles. The van der Waals surface area contributed by atoms with E-state index in [9.17, 15) is 4.79 Å². The molecule has 0 aliphatic heterocycles. The number of benzene rings is 1. The van der Waals surface area contributed by atoms with Crippen molar-refractivity contribution in [1.29, 1.82) is 0 Å². The minimum absolute atomic E-state index is 0.160. The van der Waals surface area contributed by atoms with E-state index in [0.29, 0.717) is 18.7 Å². The summed E-state index contributed by atoms with van der Waals surface area (Å²) in [5.41, 5.74) is 7.70. The Kier molecular flexibility index (Phi) is 3.54. The van der Waals surface area contributed by atoms with E-state index in [4.69, 9.17) is 5.73 Å². The summed E-state index contributed by atoms with van der Waals surface area (Å²) >= 11 is 0. The van der Waals surface area contributed by atoms with Crippen molar-refractivity contribution in [2.75, 3.05) is 6.54 Å². The molecule has 2 heterocycles. The number of nitrogens with two attached hydrogens (primary N) is 1. The molecule has 0 radical (unpaired) electrons. The standard InChI is InChI=1S/C16H14N4O/c17-10-5-8-13-6-1-2-7-14(13)12-20-16(21)19-11-4-3-9-15(19)18-20/h1-4,6-7,9,11H,10,12,17H2. The SMILES string of the molecule is NCC#Cc1ccccc1Cn1nc2ccccn2c1=O. The molecule has 1 aromatic carbocycles. The number of rotatable bonds is 2. The van der Waals surface area contributed by atoms with Crippen LogP contribution in [0.4, 0.5) is 0 Å². The second kappa shape index (κ2) is 5.65. The van der Waals surface area contributed by atoms with Crippen LogP contribution in [0.15, 0.2) is 53.5 Å². The second-order valence-corrected chi connectivity index (χ2v) is 4.53. The van der Waals surface area contributed by atoms with Gasteiger partial charge in [0.25, 0.3) is 0 Å². The first-order valence-electron chi connectivity index (χ1n) is 6.60. The first kappa shape index (κ1) is 13.2. The Morgan fingerprint density at radius 2 is 1.95 bits per heavy atom. The highest BCUT2D eigenvalue weighted by atomic mass is 16.2.